The van der Waals surface area contributed by atoms with Gasteiger partial charge in [0.15, 0.2) is 0 Å². The van der Waals surface area contributed by atoms with E-state index >= 15 is 0 Å². The zero-order chi connectivity index (χ0) is 76.6. The summed E-state index contributed by atoms with van der Waals surface area (Å²) in [6.07, 6.45) is 14.1. The molecule has 0 aromatic heterocycles. The summed E-state index contributed by atoms with van der Waals surface area (Å²) in [4.78, 5) is 5.05. The highest BCUT2D eigenvalue weighted by Gasteiger charge is 2.46. The second-order valence-electron chi connectivity index (χ2n) is 30.5. The van der Waals surface area contributed by atoms with E-state index in [-0.39, 0.29) is 0 Å². The average molecular weight is 1470 g/mol. The Bertz CT molecular complexity index is 5700. The molecule has 16 aromatic rings. The lowest BCUT2D eigenvalue weighted by Crippen LogP contribution is -2.27. The molecule has 114 heavy (non-hydrogen) atoms. The molecule has 2 atom stereocenters. The van der Waals surface area contributed by atoms with Crippen LogP contribution in [0, 0.1) is 0 Å². The Hall–Kier alpha value is -13.3. The van der Waals surface area contributed by atoms with Gasteiger partial charge in [-0.25, -0.2) is 0 Å². The molecule has 0 amide bonds. The summed E-state index contributed by atoms with van der Waals surface area (Å²) >= 11 is 0. The summed E-state index contributed by atoms with van der Waals surface area (Å²) in [5.41, 5.74) is 28.3. The maximum absolute atomic E-state index is 6.25. The standard InChI is InChI=1S/C110H92N2O2/c1-3-79-49-63-91(64-50-79)113-75-31-7-5-29-73-109(85-37-17-11-18-38-85)103-47-27-25-43-97(103)99-67-61-89(77-105(99)109)111(87-57-53-83(54-58-87)81-33-13-9-14-34-81)107-71-69-95(93-41-21-23-45-101(93)107)96-70-72-108(102-46-24-22-42-94(96)102)112(88-59-55-84(56-60-88)82-35-15-10-16-36-82)90-62-68-100-98-44-26-28-48-104(98)110(106(100)78-90,86-39-19-12-20-40-86)74-30-6-8-32-76-114-92-65-51-80(4-2)52-66-92/h3-4,9-28,33-72,77-78H,1-2,5-8,29-32,73-76H2. The van der Waals surface area contributed by atoms with Crippen LogP contribution >= 0.6 is 0 Å². The molecule has 0 saturated carbocycles. The summed E-state index contributed by atoms with van der Waals surface area (Å²) in [5, 5.41) is 4.67. The highest BCUT2D eigenvalue weighted by molar-refractivity contribution is 6.13. The summed E-state index contributed by atoms with van der Waals surface area (Å²) in [5.74, 6) is 1.81. The zero-order valence-electron chi connectivity index (χ0n) is 64.6. The Morgan fingerprint density at radius 2 is 0.561 bits per heavy atom. The zero-order valence-corrected chi connectivity index (χ0v) is 64.6. The van der Waals surface area contributed by atoms with Crippen molar-refractivity contribution in [3.8, 4) is 67.1 Å². The van der Waals surface area contributed by atoms with Gasteiger partial charge in [-0.3, -0.25) is 0 Å². The van der Waals surface area contributed by atoms with Crippen molar-refractivity contribution >= 4 is 67.8 Å². The minimum Gasteiger partial charge on any atom is -0.494 e. The molecule has 0 bridgehead atoms. The maximum Gasteiger partial charge on any atom is 0.119 e. The number of nitrogens with zero attached hydrogens (tertiary/aromatic N) is 2. The lowest BCUT2D eigenvalue weighted by atomic mass is 9.69. The second kappa shape index (κ2) is 32.6. The second-order valence-corrected chi connectivity index (χ2v) is 30.5. The molecular weight excluding hydrogens is 1380 g/mol. The molecule has 0 radical (unpaired) electrons. The Morgan fingerprint density at radius 1 is 0.246 bits per heavy atom. The van der Waals surface area contributed by atoms with Crippen LogP contribution in [0.4, 0.5) is 34.1 Å². The van der Waals surface area contributed by atoms with E-state index in [4.69, 9.17) is 9.47 Å². The highest BCUT2D eigenvalue weighted by atomic mass is 16.5. The van der Waals surface area contributed by atoms with E-state index in [0.29, 0.717) is 13.2 Å². The van der Waals surface area contributed by atoms with Crippen LogP contribution in [0.1, 0.15) is 109 Å². The summed E-state index contributed by atoms with van der Waals surface area (Å²) in [7, 11) is 0. The van der Waals surface area contributed by atoms with E-state index in [9.17, 15) is 0 Å². The van der Waals surface area contributed by atoms with Crippen molar-refractivity contribution in [1.29, 1.82) is 0 Å². The highest BCUT2D eigenvalue weighted by Crippen LogP contribution is 2.59. The van der Waals surface area contributed by atoms with E-state index in [0.717, 1.165) is 132 Å². The number of hydrogen-bond donors (Lipinski definition) is 0. The summed E-state index contributed by atoms with van der Waals surface area (Å²) < 4.78 is 12.5. The van der Waals surface area contributed by atoms with Crippen LogP contribution in [0.25, 0.3) is 89.3 Å². The number of anilines is 6. The predicted molar refractivity (Wildman–Crippen MR) is 481 cm³/mol. The number of rotatable bonds is 29. The normalized spacial score (nSPS) is 14.4. The van der Waals surface area contributed by atoms with Gasteiger partial charge in [0, 0.05) is 44.4 Å². The van der Waals surface area contributed by atoms with Crippen molar-refractivity contribution in [2.24, 2.45) is 0 Å². The van der Waals surface area contributed by atoms with Crippen molar-refractivity contribution in [3.63, 3.8) is 0 Å². The Morgan fingerprint density at radius 3 is 0.956 bits per heavy atom. The lowest BCUT2D eigenvalue weighted by molar-refractivity contribution is 0.303. The molecule has 0 aliphatic heterocycles. The molecule has 0 N–H and O–H groups in total. The molecular formula is C110H92N2O2. The van der Waals surface area contributed by atoms with E-state index in [1.807, 2.05) is 36.4 Å². The minimum absolute atomic E-state index is 0.397. The fraction of sp³-hybridized carbons (Fsp3) is 0.127. The number of hydrogen-bond acceptors (Lipinski definition) is 4. The maximum atomic E-state index is 6.25. The van der Waals surface area contributed by atoms with Crippen LogP contribution in [0.5, 0.6) is 11.5 Å². The fourth-order valence-corrected chi connectivity index (χ4v) is 18.5. The topological polar surface area (TPSA) is 24.9 Å². The van der Waals surface area contributed by atoms with Gasteiger partial charge in [0.2, 0.25) is 0 Å². The van der Waals surface area contributed by atoms with Crippen molar-refractivity contribution in [2.75, 3.05) is 23.0 Å². The van der Waals surface area contributed by atoms with Crippen LogP contribution in [-0.4, -0.2) is 13.2 Å². The third kappa shape index (κ3) is 13.9. The first-order chi connectivity index (χ1) is 56.4. The molecule has 2 aliphatic rings. The first-order valence-corrected chi connectivity index (χ1v) is 40.7. The summed E-state index contributed by atoms with van der Waals surface area (Å²) in [6, 6.07) is 140. The molecule has 0 fully saturated rings. The molecule has 554 valence electrons. The number of benzene rings is 16. The van der Waals surface area contributed by atoms with Crippen LogP contribution in [0.15, 0.2) is 389 Å². The van der Waals surface area contributed by atoms with Gasteiger partial charge < -0.3 is 19.3 Å². The van der Waals surface area contributed by atoms with E-state index < -0.39 is 10.8 Å². The van der Waals surface area contributed by atoms with Crippen molar-refractivity contribution in [3.05, 3.63) is 434 Å². The smallest absolute Gasteiger partial charge is 0.119 e. The third-order valence-electron chi connectivity index (χ3n) is 24.0. The van der Waals surface area contributed by atoms with E-state index in [2.05, 4.69) is 375 Å². The Kier molecular flexibility index (Phi) is 20.7. The van der Waals surface area contributed by atoms with Crippen LogP contribution in [0.2, 0.25) is 0 Å². The first kappa shape index (κ1) is 72.3. The molecule has 0 heterocycles. The molecule has 0 spiro atoms. The SMILES string of the molecule is C=Cc1ccc(OCCCCCCC2(c3ccccc3)c3ccccc3-c3ccc(N(c4ccc(-c5ccccc5)cc4)c4ccc(-c5ccc(N(c6ccc(-c7ccccc7)cc6)c6ccc7c(c6)C(CCCCCCOc6ccc(C=C)cc6)(c6ccccc6)c6ccccc6-7)c6ccccc56)c5ccccc45)cc32)cc1. The van der Waals surface area contributed by atoms with Gasteiger partial charge in [0.25, 0.3) is 0 Å². The molecule has 0 saturated heterocycles. The van der Waals surface area contributed by atoms with Gasteiger partial charge in [-0.2, -0.15) is 0 Å². The molecule has 4 nitrogen and oxygen atoms in total. The number of ether oxygens (including phenoxy) is 2. The van der Waals surface area contributed by atoms with Crippen molar-refractivity contribution in [2.45, 2.75) is 75.0 Å². The monoisotopic (exact) mass is 1470 g/mol. The van der Waals surface area contributed by atoms with Crippen LogP contribution < -0.4 is 19.3 Å². The summed E-state index contributed by atoms with van der Waals surface area (Å²) in [6.45, 7) is 9.23. The molecule has 2 unspecified atom stereocenters. The van der Waals surface area contributed by atoms with Crippen LogP contribution in [-0.2, 0) is 10.8 Å². The predicted octanol–water partition coefficient (Wildman–Crippen LogP) is 29.9. The van der Waals surface area contributed by atoms with E-state index in [1.165, 1.54) is 99.8 Å². The largest absolute Gasteiger partial charge is 0.494 e. The van der Waals surface area contributed by atoms with Gasteiger partial charge in [-0.1, -0.05) is 355 Å². The number of fused-ring (bicyclic) bond motifs is 8. The third-order valence-corrected chi connectivity index (χ3v) is 24.0. The molecule has 4 heteroatoms. The van der Waals surface area contributed by atoms with Crippen molar-refractivity contribution in [1.82, 2.24) is 0 Å². The van der Waals surface area contributed by atoms with E-state index in [1.54, 1.807) is 0 Å². The van der Waals surface area contributed by atoms with Gasteiger partial charge in [0.1, 0.15) is 11.5 Å². The van der Waals surface area contributed by atoms with Crippen molar-refractivity contribution < 1.29 is 9.47 Å². The quantitative estimate of drug-likeness (QED) is 0.0436. The first-order valence-electron chi connectivity index (χ1n) is 40.7. The molecule has 2 aliphatic carbocycles. The Labute approximate surface area is 671 Å². The molecule has 18 rings (SSSR count). The van der Waals surface area contributed by atoms with Gasteiger partial charge in [-0.15, -0.1) is 0 Å². The van der Waals surface area contributed by atoms with Crippen LogP contribution in [0.3, 0.4) is 0 Å². The average Bonchev–Trinajstić information content (AvgIpc) is 1.53. The number of unbranched alkanes of at least 4 members (excludes halogenated alkanes) is 6. The fourth-order valence-electron chi connectivity index (χ4n) is 18.5. The van der Waals surface area contributed by atoms with Gasteiger partial charge >= 0.3 is 0 Å². The van der Waals surface area contributed by atoms with Gasteiger partial charge in [-0.05, 0) is 222 Å². The molecule has 16 aromatic carbocycles. The van der Waals surface area contributed by atoms with Gasteiger partial charge in [0.05, 0.1) is 24.6 Å². The Balaban J connectivity index is 0.732. The minimum atomic E-state index is -0.397. The lowest BCUT2D eigenvalue weighted by Gasteiger charge is -2.35.